The summed E-state index contributed by atoms with van der Waals surface area (Å²) in [5, 5.41) is 0. The Labute approximate surface area is 143 Å². The maximum Gasteiger partial charge on any atom is 0.191 e. The van der Waals surface area contributed by atoms with Crippen molar-refractivity contribution >= 4 is 29.9 Å². The van der Waals surface area contributed by atoms with Crippen LogP contribution < -0.4 is 10.5 Å². The van der Waals surface area contributed by atoms with Gasteiger partial charge in [0.15, 0.2) is 5.96 Å². The van der Waals surface area contributed by atoms with Crippen molar-refractivity contribution in [3.8, 4) is 5.75 Å². The molecule has 1 aromatic rings. The normalized spacial score (nSPS) is 18.0. The first kappa shape index (κ1) is 16.4. The summed E-state index contributed by atoms with van der Waals surface area (Å²) >= 11 is 0. The average Bonchev–Trinajstić information content (AvgIpc) is 3.35. The van der Waals surface area contributed by atoms with Gasteiger partial charge >= 0.3 is 0 Å². The first-order chi connectivity index (χ1) is 9.74. The Bertz CT molecular complexity index is 498. The Morgan fingerprint density at radius 3 is 2.67 bits per heavy atom. The fraction of sp³-hybridized carbons (Fsp3) is 0.562. The summed E-state index contributed by atoms with van der Waals surface area (Å²) in [7, 11) is 2.02. The Hall–Kier alpha value is -0.980. The predicted molar refractivity (Wildman–Crippen MR) is 96.2 cm³/mol. The number of aliphatic imine (C=N–C) groups is 1. The molecule has 0 saturated heterocycles. The summed E-state index contributed by atoms with van der Waals surface area (Å²) in [6.45, 7) is 1.42. The van der Waals surface area contributed by atoms with Crippen LogP contribution in [0.1, 0.15) is 31.2 Å². The van der Waals surface area contributed by atoms with E-state index in [0.717, 1.165) is 23.8 Å². The number of ether oxygens (including phenoxy) is 1. The van der Waals surface area contributed by atoms with Crippen LogP contribution in [0.25, 0.3) is 0 Å². The number of para-hydroxylation sites is 1. The molecule has 1 aromatic carbocycles. The zero-order valence-corrected chi connectivity index (χ0v) is 14.8. The van der Waals surface area contributed by atoms with Gasteiger partial charge in [-0.2, -0.15) is 0 Å². The van der Waals surface area contributed by atoms with Crippen molar-refractivity contribution in [3.63, 3.8) is 0 Å². The minimum Gasteiger partial charge on any atom is -0.493 e. The molecule has 0 unspecified atom stereocenters. The summed E-state index contributed by atoms with van der Waals surface area (Å²) in [5.74, 6) is 2.34. The highest BCUT2D eigenvalue weighted by Crippen LogP contribution is 2.30. The van der Waals surface area contributed by atoms with Crippen LogP contribution in [0.5, 0.6) is 5.75 Å². The fourth-order valence-electron chi connectivity index (χ4n) is 2.19. The number of hydrogen-bond donors (Lipinski definition) is 1. The molecule has 2 aliphatic carbocycles. The molecule has 21 heavy (non-hydrogen) atoms. The highest BCUT2D eigenvalue weighted by molar-refractivity contribution is 14.0. The van der Waals surface area contributed by atoms with E-state index < -0.39 is 0 Å². The van der Waals surface area contributed by atoms with E-state index in [1.165, 1.54) is 25.7 Å². The largest absolute Gasteiger partial charge is 0.493 e. The van der Waals surface area contributed by atoms with Crippen LogP contribution in [0.4, 0.5) is 0 Å². The van der Waals surface area contributed by atoms with E-state index in [2.05, 4.69) is 16.0 Å². The Balaban J connectivity index is 0.00000161. The van der Waals surface area contributed by atoms with Crippen LogP contribution in [0.15, 0.2) is 29.3 Å². The van der Waals surface area contributed by atoms with Crippen LogP contribution in [0, 0.1) is 5.92 Å². The number of benzene rings is 1. The van der Waals surface area contributed by atoms with Crippen LogP contribution >= 0.6 is 24.0 Å². The average molecular weight is 401 g/mol. The Morgan fingerprint density at radius 1 is 1.29 bits per heavy atom. The van der Waals surface area contributed by atoms with Gasteiger partial charge in [0.1, 0.15) is 5.75 Å². The van der Waals surface area contributed by atoms with E-state index in [1.807, 2.05) is 25.2 Å². The molecule has 0 aromatic heterocycles. The summed E-state index contributed by atoms with van der Waals surface area (Å²) < 4.78 is 5.89. The van der Waals surface area contributed by atoms with Gasteiger partial charge in [0, 0.05) is 18.7 Å². The van der Waals surface area contributed by atoms with Crippen molar-refractivity contribution < 1.29 is 4.74 Å². The lowest BCUT2D eigenvalue weighted by molar-refractivity contribution is 0.297. The van der Waals surface area contributed by atoms with E-state index in [9.17, 15) is 0 Å². The SMILES string of the molecule is CN(C(N)=NCc1ccccc1OCC1CC1)C1CC1.I. The molecule has 0 radical (unpaired) electrons. The molecule has 3 rings (SSSR count). The minimum atomic E-state index is 0. The number of hydrogen-bond acceptors (Lipinski definition) is 2. The molecular weight excluding hydrogens is 377 g/mol. The van der Waals surface area contributed by atoms with E-state index in [1.54, 1.807) is 0 Å². The summed E-state index contributed by atoms with van der Waals surface area (Å²) in [6.07, 6.45) is 5.07. The second-order valence-electron chi connectivity index (χ2n) is 5.88. The van der Waals surface area contributed by atoms with Crippen molar-refractivity contribution in [1.29, 1.82) is 0 Å². The van der Waals surface area contributed by atoms with E-state index in [-0.39, 0.29) is 24.0 Å². The fourth-order valence-corrected chi connectivity index (χ4v) is 2.19. The smallest absolute Gasteiger partial charge is 0.191 e. The van der Waals surface area contributed by atoms with Crippen LogP contribution in [-0.4, -0.2) is 30.6 Å². The monoisotopic (exact) mass is 401 g/mol. The maximum absolute atomic E-state index is 6.02. The number of nitrogens with zero attached hydrogens (tertiary/aromatic N) is 2. The highest BCUT2D eigenvalue weighted by atomic mass is 127. The van der Waals surface area contributed by atoms with Gasteiger partial charge in [-0.3, -0.25) is 0 Å². The molecule has 2 fully saturated rings. The number of nitrogens with two attached hydrogens (primary N) is 1. The lowest BCUT2D eigenvalue weighted by Crippen LogP contribution is -2.35. The molecule has 5 heteroatoms. The third-order valence-corrected chi connectivity index (χ3v) is 4.01. The first-order valence-corrected chi connectivity index (χ1v) is 7.47. The van der Waals surface area contributed by atoms with Crippen LogP contribution in [-0.2, 0) is 6.54 Å². The molecule has 0 bridgehead atoms. The van der Waals surface area contributed by atoms with Gasteiger partial charge in [-0.25, -0.2) is 4.99 Å². The van der Waals surface area contributed by atoms with Crippen molar-refractivity contribution in [2.24, 2.45) is 16.6 Å². The second kappa shape index (κ2) is 7.33. The van der Waals surface area contributed by atoms with Gasteiger partial charge in [0.25, 0.3) is 0 Å². The molecule has 4 nitrogen and oxygen atoms in total. The van der Waals surface area contributed by atoms with Crippen molar-refractivity contribution in [2.45, 2.75) is 38.3 Å². The van der Waals surface area contributed by atoms with Gasteiger partial charge < -0.3 is 15.4 Å². The van der Waals surface area contributed by atoms with Gasteiger partial charge in [-0.1, -0.05) is 18.2 Å². The van der Waals surface area contributed by atoms with E-state index in [0.29, 0.717) is 18.5 Å². The molecule has 0 aliphatic heterocycles. The molecule has 116 valence electrons. The predicted octanol–water partition coefficient (Wildman–Crippen LogP) is 3.00. The van der Waals surface area contributed by atoms with Gasteiger partial charge in [0.05, 0.1) is 13.2 Å². The van der Waals surface area contributed by atoms with E-state index >= 15 is 0 Å². The molecule has 2 saturated carbocycles. The van der Waals surface area contributed by atoms with Gasteiger partial charge in [-0.15, -0.1) is 24.0 Å². The lowest BCUT2D eigenvalue weighted by Gasteiger charge is -2.17. The molecular formula is C16H24IN3O. The van der Waals surface area contributed by atoms with Crippen molar-refractivity contribution in [3.05, 3.63) is 29.8 Å². The molecule has 0 spiro atoms. The maximum atomic E-state index is 6.02. The second-order valence-corrected chi connectivity index (χ2v) is 5.88. The minimum absolute atomic E-state index is 0. The highest BCUT2D eigenvalue weighted by Gasteiger charge is 2.27. The van der Waals surface area contributed by atoms with E-state index in [4.69, 9.17) is 10.5 Å². The zero-order chi connectivity index (χ0) is 13.9. The summed E-state index contributed by atoms with van der Waals surface area (Å²) in [4.78, 5) is 6.58. The molecule has 2 N–H and O–H groups in total. The lowest BCUT2D eigenvalue weighted by atomic mass is 10.2. The topological polar surface area (TPSA) is 50.8 Å². The third-order valence-electron chi connectivity index (χ3n) is 4.01. The summed E-state index contributed by atoms with van der Waals surface area (Å²) in [6, 6.07) is 8.72. The quantitative estimate of drug-likeness (QED) is 0.453. The Kier molecular flexibility index (Phi) is 5.72. The molecule has 0 amide bonds. The third kappa shape index (κ3) is 4.76. The standard InChI is InChI=1S/C16H23N3O.HI/c1-19(14-8-9-14)16(17)18-10-13-4-2-3-5-15(13)20-11-12-6-7-12;/h2-5,12,14H,6-11H2,1H3,(H2,17,18);1H. The van der Waals surface area contributed by atoms with Gasteiger partial charge in [-0.05, 0) is 37.7 Å². The van der Waals surface area contributed by atoms with Crippen molar-refractivity contribution in [2.75, 3.05) is 13.7 Å². The van der Waals surface area contributed by atoms with Crippen LogP contribution in [0.2, 0.25) is 0 Å². The number of guanidine groups is 1. The number of rotatable bonds is 6. The number of halogens is 1. The summed E-state index contributed by atoms with van der Waals surface area (Å²) in [5.41, 5.74) is 7.13. The Morgan fingerprint density at radius 2 is 2.00 bits per heavy atom. The first-order valence-electron chi connectivity index (χ1n) is 7.47. The van der Waals surface area contributed by atoms with Crippen LogP contribution in [0.3, 0.4) is 0 Å². The molecule has 0 heterocycles. The zero-order valence-electron chi connectivity index (χ0n) is 12.5. The molecule has 2 aliphatic rings. The molecule has 0 atom stereocenters. The van der Waals surface area contributed by atoms with Crippen molar-refractivity contribution in [1.82, 2.24) is 4.90 Å². The van der Waals surface area contributed by atoms with Gasteiger partial charge in [0.2, 0.25) is 0 Å².